The van der Waals surface area contributed by atoms with Crippen molar-refractivity contribution < 1.29 is 19.1 Å². The van der Waals surface area contributed by atoms with Crippen molar-refractivity contribution in [3.8, 4) is 0 Å². The first-order valence-electron chi connectivity index (χ1n) is 4.85. The van der Waals surface area contributed by atoms with Crippen LogP contribution < -0.4 is 0 Å². The van der Waals surface area contributed by atoms with E-state index < -0.39 is 17.7 Å². The summed E-state index contributed by atoms with van der Waals surface area (Å²) in [5, 5.41) is 9.52. The fourth-order valence-electron chi connectivity index (χ4n) is 1.43. The molecule has 0 aliphatic carbocycles. The van der Waals surface area contributed by atoms with Gasteiger partial charge < -0.3 is 9.52 Å². The molecule has 0 saturated carbocycles. The van der Waals surface area contributed by atoms with Gasteiger partial charge in [-0.2, -0.15) is 0 Å². The van der Waals surface area contributed by atoms with Crippen LogP contribution >= 0.6 is 0 Å². The van der Waals surface area contributed by atoms with Gasteiger partial charge in [-0.1, -0.05) is 18.2 Å². The average molecular weight is 218 g/mol. The van der Waals surface area contributed by atoms with E-state index in [9.17, 15) is 9.59 Å². The number of carboxylic acids is 1. The number of carbonyl (C=O) groups excluding carboxylic acids is 1. The van der Waals surface area contributed by atoms with Crippen LogP contribution in [-0.2, 0) is 4.79 Å². The molecule has 0 bridgehead atoms. The van der Waals surface area contributed by atoms with Crippen molar-refractivity contribution in [2.24, 2.45) is 5.92 Å². The molecule has 4 heteroatoms. The molecule has 82 valence electrons. The van der Waals surface area contributed by atoms with Gasteiger partial charge in [0.05, 0.1) is 0 Å². The second kappa shape index (κ2) is 3.81. The fourth-order valence-corrected chi connectivity index (χ4v) is 1.43. The molecule has 1 N–H and O–H groups in total. The Bertz CT molecular complexity index is 520. The third kappa shape index (κ3) is 1.69. The summed E-state index contributed by atoms with van der Waals surface area (Å²) in [4.78, 5) is 22.3. The van der Waals surface area contributed by atoms with Crippen LogP contribution in [0.1, 0.15) is 17.5 Å². The number of aliphatic carboxylic acids is 1. The fraction of sp³-hybridized carbons (Fsp3) is 0.167. The van der Waals surface area contributed by atoms with Crippen molar-refractivity contribution in [2.75, 3.05) is 0 Å². The predicted octanol–water partition coefficient (Wildman–Crippen LogP) is 2.34. The second-order valence-electron chi connectivity index (χ2n) is 3.57. The summed E-state index contributed by atoms with van der Waals surface area (Å²) in [5.41, 5.74) is 0.587. The molecule has 2 rings (SSSR count). The van der Waals surface area contributed by atoms with Crippen LogP contribution in [0.15, 0.2) is 34.7 Å². The molecule has 1 aromatic carbocycles. The smallest absolute Gasteiger partial charge is 0.314 e. The summed E-state index contributed by atoms with van der Waals surface area (Å²) in [6.45, 7) is 1.35. The lowest BCUT2D eigenvalue weighted by atomic mass is 10.1. The first-order valence-corrected chi connectivity index (χ1v) is 4.85. The Morgan fingerprint density at radius 3 is 2.62 bits per heavy atom. The van der Waals surface area contributed by atoms with Crippen molar-refractivity contribution in [1.82, 2.24) is 0 Å². The van der Waals surface area contributed by atoms with Gasteiger partial charge in [-0.15, -0.1) is 0 Å². The van der Waals surface area contributed by atoms with Crippen LogP contribution in [0.25, 0.3) is 11.0 Å². The monoisotopic (exact) mass is 218 g/mol. The van der Waals surface area contributed by atoms with E-state index in [1.165, 1.54) is 6.92 Å². The maximum Gasteiger partial charge on any atom is 0.314 e. The quantitative estimate of drug-likeness (QED) is 0.634. The number of furan rings is 1. The van der Waals surface area contributed by atoms with Crippen molar-refractivity contribution in [2.45, 2.75) is 6.92 Å². The molecule has 0 spiro atoms. The second-order valence-corrected chi connectivity index (χ2v) is 3.57. The Hall–Kier alpha value is -2.10. The summed E-state index contributed by atoms with van der Waals surface area (Å²) >= 11 is 0. The number of hydrogen-bond acceptors (Lipinski definition) is 3. The van der Waals surface area contributed by atoms with Gasteiger partial charge in [0.2, 0.25) is 5.78 Å². The number of carbonyl (C=O) groups is 2. The van der Waals surface area contributed by atoms with Crippen molar-refractivity contribution in [3.05, 3.63) is 36.1 Å². The lowest BCUT2D eigenvalue weighted by molar-refractivity contribution is -0.139. The van der Waals surface area contributed by atoms with Gasteiger partial charge in [-0.3, -0.25) is 9.59 Å². The first kappa shape index (κ1) is 10.4. The predicted molar refractivity (Wildman–Crippen MR) is 57.3 cm³/mol. The molecule has 1 aromatic heterocycles. The first-order chi connectivity index (χ1) is 7.59. The Morgan fingerprint density at radius 1 is 1.31 bits per heavy atom. The number of rotatable bonds is 3. The summed E-state index contributed by atoms with van der Waals surface area (Å²) in [7, 11) is 0. The van der Waals surface area contributed by atoms with E-state index in [0.717, 1.165) is 5.39 Å². The minimum absolute atomic E-state index is 0.0936. The standard InChI is InChI=1S/C12H10O4/c1-7(12(14)15)11(13)10-6-8-4-2-3-5-9(8)16-10/h2-7H,1H3,(H,14,15). The summed E-state index contributed by atoms with van der Waals surface area (Å²) in [6, 6.07) is 8.73. The molecule has 0 fully saturated rings. The molecule has 1 atom stereocenters. The van der Waals surface area contributed by atoms with E-state index in [4.69, 9.17) is 9.52 Å². The Balaban J connectivity index is 2.41. The number of fused-ring (bicyclic) bond motifs is 1. The molecule has 2 aromatic rings. The van der Waals surface area contributed by atoms with Crippen molar-refractivity contribution >= 4 is 22.7 Å². The highest BCUT2D eigenvalue weighted by atomic mass is 16.4. The minimum Gasteiger partial charge on any atom is -0.481 e. The average Bonchev–Trinajstić information content (AvgIpc) is 2.70. The number of ketones is 1. The molecular formula is C12H10O4. The molecule has 16 heavy (non-hydrogen) atoms. The number of Topliss-reactive ketones (excluding diaryl/α,β-unsaturated/α-hetero) is 1. The summed E-state index contributed by atoms with van der Waals surface area (Å²) < 4.78 is 5.29. The molecule has 1 heterocycles. The number of carboxylic acid groups (broad SMARTS) is 1. The lowest BCUT2D eigenvalue weighted by Crippen LogP contribution is -2.19. The van der Waals surface area contributed by atoms with Gasteiger partial charge in [-0.05, 0) is 19.1 Å². The van der Waals surface area contributed by atoms with E-state index in [1.807, 2.05) is 6.07 Å². The largest absolute Gasteiger partial charge is 0.481 e. The highest BCUT2D eigenvalue weighted by molar-refractivity contribution is 6.07. The SMILES string of the molecule is CC(C(=O)O)C(=O)c1cc2ccccc2o1. The Kier molecular flexibility index (Phi) is 2.48. The maximum atomic E-state index is 11.7. The molecule has 0 amide bonds. The minimum atomic E-state index is -1.15. The highest BCUT2D eigenvalue weighted by Gasteiger charge is 2.24. The maximum absolute atomic E-state index is 11.7. The third-order valence-electron chi connectivity index (χ3n) is 2.43. The topological polar surface area (TPSA) is 67.5 Å². The van der Waals surface area contributed by atoms with Crippen LogP contribution in [0.3, 0.4) is 0 Å². The van der Waals surface area contributed by atoms with E-state index >= 15 is 0 Å². The van der Waals surface area contributed by atoms with Gasteiger partial charge in [0.15, 0.2) is 5.76 Å². The number of para-hydroxylation sites is 1. The van der Waals surface area contributed by atoms with Crippen LogP contribution in [-0.4, -0.2) is 16.9 Å². The molecule has 0 aliphatic heterocycles. The lowest BCUT2D eigenvalue weighted by Gasteiger charge is -2.00. The zero-order valence-corrected chi connectivity index (χ0v) is 8.64. The van der Waals surface area contributed by atoms with Crippen LogP contribution in [0.4, 0.5) is 0 Å². The van der Waals surface area contributed by atoms with E-state index in [0.29, 0.717) is 5.58 Å². The normalized spacial score (nSPS) is 12.6. The van der Waals surface area contributed by atoms with E-state index in [1.54, 1.807) is 24.3 Å². The van der Waals surface area contributed by atoms with Gasteiger partial charge in [0, 0.05) is 5.39 Å². The van der Waals surface area contributed by atoms with Gasteiger partial charge in [0.1, 0.15) is 11.5 Å². The Labute approximate surface area is 91.5 Å². The van der Waals surface area contributed by atoms with Gasteiger partial charge >= 0.3 is 5.97 Å². The van der Waals surface area contributed by atoms with Crippen LogP contribution in [0.5, 0.6) is 0 Å². The molecule has 1 unspecified atom stereocenters. The Morgan fingerprint density at radius 2 is 2.00 bits per heavy atom. The summed E-state index contributed by atoms with van der Waals surface area (Å²) in [5.74, 6) is -2.65. The van der Waals surface area contributed by atoms with E-state index in [2.05, 4.69) is 0 Å². The number of benzene rings is 1. The third-order valence-corrected chi connectivity index (χ3v) is 2.43. The van der Waals surface area contributed by atoms with Crippen molar-refractivity contribution in [3.63, 3.8) is 0 Å². The van der Waals surface area contributed by atoms with Crippen LogP contribution in [0, 0.1) is 5.92 Å². The molecule has 4 nitrogen and oxygen atoms in total. The number of hydrogen-bond donors (Lipinski definition) is 1. The molecule has 0 saturated heterocycles. The zero-order chi connectivity index (χ0) is 11.7. The van der Waals surface area contributed by atoms with E-state index in [-0.39, 0.29) is 5.76 Å². The van der Waals surface area contributed by atoms with Crippen molar-refractivity contribution in [1.29, 1.82) is 0 Å². The van der Waals surface area contributed by atoms with Gasteiger partial charge in [-0.25, -0.2) is 0 Å². The molecular weight excluding hydrogens is 208 g/mol. The molecule has 0 aliphatic rings. The van der Waals surface area contributed by atoms with Gasteiger partial charge in [0.25, 0.3) is 0 Å². The molecule has 0 radical (unpaired) electrons. The summed E-state index contributed by atoms with van der Waals surface area (Å²) in [6.07, 6.45) is 0. The zero-order valence-electron chi connectivity index (χ0n) is 8.64. The van der Waals surface area contributed by atoms with Crippen LogP contribution in [0.2, 0.25) is 0 Å². The highest BCUT2D eigenvalue weighted by Crippen LogP contribution is 2.21.